The Bertz CT molecular complexity index is 806. The molecule has 1 fully saturated rings. The summed E-state index contributed by atoms with van der Waals surface area (Å²) in [6, 6.07) is 5.68. The summed E-state index contributed by atoms with van der Waals surface area (Å²) in [7, 11) is 1.85. The maximum absolute atomic E-state index is 12.2. The normalized spacial score (nSPS) is 29.7. The summed E-state index contributed by atoms with van der Waals surface area (Å²) in [6.07, 6.45) is 3.39. The second-order valence-corrected chi connectivity index (χ2v) is 7.18. The smallest absolute Gasteiger partial charge is 0.188 e. The molecule has 0 radical (unpaired) electrons. The molecule has 3 heterocycles. The fourth-order valence-electron chi connectivity index (χ4n) is 3.92. The second-order valence-electron chi connectivity index (χ2n) is 6.74. The first-order chi connectivity index (χ1) is 11.5. The molecule has 1 saturated heterocycles. The van der Waals surface area contributed by atoms with Crippen LogP contribution in [0.1, 0.15) is 47.4 Å². The summed E-state index contributed by atoms with van der Waals surface area (Å²) in [5.41, 5.74) is 1.97. The summed E-state index contributed by atoms with van der Waals surface area (Å²) in [5, 5.41) is 12.5. The van der Waals surface area contributed by atoms with Gasteiger partial charge in [0.15, 0.2) is 5.78 Å². The van der Waals surface area contributed by atoms with E-state index in [9.17, 15) is 4.79 Å². The highest BCUT2D eigenvalue weighted by molar-refractivity contribution is 6.30. The number of hydrogen-bond donors (Lipinski definition) is 1. The number of rotatable bonds is 1. The van der Waals surface area contributed by atoms with Crippen LogP contribution in [0.25, 0.3) is 0 Å². The van der Waals surface area contributed by atoms with E-state index in [0.717, 1.165) is 23.2 Å². The lowest BCUT2D eigenvalue weighted by Crippen LogP contribution is -2.51. The molecule has 0 amide bonds. The average molecular weight is 347 g/mol. The van der Waals surface area contributed by atoms with E-state index in [1.807, 2.05) is 25.4 Å². The van der Waals surface area contributed by atoms with E-state index < -0.39 is 5.60 Å². The summed E-state index contributed by atoms with van der Waals surface area (Å²) in [4.78, 5) is 12.2. The average Bonchev–Trinajstić information content (AvgIpc) is 2.98. The zero-order chi connectivity index (χ0) is 16.9. The molecule has 1 N–H and O–H groups in total. The fourth-order valence-corrected chi connectivity index (χ4v) is 4.09. The topological polar surface area (TPSA) is 69.0 Å². The number of aromatic nitrogens is 3. The molecule has 24 heavy (non-hydrogen) atoms. The molecule has 1 aromatic carbocycles. The highest BCUT2D eigenvalue weighted by atomic mass is 35.5. The minimum absolute atomic E-state index is 0.00882. The van der Waals surface area contributed by atoms with Crippen molar-refractivity contribution < 1.29 is 9.53 Å². The molecule has 0 aliphatic carbocycles. The Morgan fingerprint density at radius 2 is 2.25 bits per heavy atom. The molecule has 126 valence electrons. The molecule has 1 spiro atoms. The van der Waals surface area contributed by atoms with Crippen LogP contribution in [0.15, 0.2) is 24.4 Å². The number of nitrogens with one attached hydrogen (secondary N) is 1. The first-order valence-electron chi connectivity index (χ1n) is 8.06. The Morgan fingerprint density at radius 1 is 1.42 bits per heavy atom. The SMILES string of the molecule is C[C@H]1C[C@@]2(C[C@@H](c3cn(C)nn3)N1)OCC(=O)c1ccc(Cl)cc12. The number of piperidine rings is 1. The Labute approximate surface area is 145 Å². The van der Waals surface area contributed by atoms with E-state index in [1.54, 1.807) is 10.7 Å². The van der Waals surface area contributed by atoms with Gasteiger partial charge in [-0.1, -0.05) is 16.8 Å². The standard InChI is InChI=1S/C17H19ClN4O2/c1-10-6-17(7-14(19-10)15-8-22(2)21-20-15)13-5-11(18)3-4-12(13)16(23)9-24-17/h3-5,8,10,14,19H,6-7,9H2,1-2H3/t10-,14-,17-/m0/s1. The summed E-state index contributed by atoms with van der Waals surface area (Å²) >= 11 is 6.21. The van der Waals surface area contributed by atoms with Crippen LogP contribution < -0.4 is 5.32 Å². The van der Waals surface area contributed by atoms with Crippen molar-refractivity contribution in [3.05, 3.63) is 46.2 Å². The van der Waals surface area contributed by atoms with E-state index in [-0.39, 0.29) is 24.5 Å². The molecule has 2 aliphatic rings. The first-order valence-corrected chi connectivity index (χ1v) is 8.44. The predicted octanol–water partition coefficient (Wildman–Crippen LogP) is 2.39. The third-order valence-electron chi connectivity index (χ3n) is 4.89. The molecule has 2 aliphatic heterocycles. The molecule has 0 saturated carbocycles. The van der Waals surface area contributed by atoms with Crippen LogP contribution in [0.2, 0.25) is 5.02 Å². The third-order valence-corrected chi connectivity index (χ3v) is 5.12. The lowest BCUT2D eigenvalue weighted by atomic mass is 9.74. The molecule has 2 aromatic rings. The van der Waals surface area contributed by atoms with Gasteiger partial charge in [-0.3, -0.25) is 9.48 Å². The number of Topliss-reactive ketones (excluding diaryl/α,β-unsaturated/α-hetero) is 1. The van der Waals surface area contributed by atoms with Gasteiger partial charge in [-0.25, -0.2) is 0 Å². The fraction of sp³-hybridized carbons (Fsp3) is 0.471. The van der Waals surface area contributed by atoms with Gasteiger partial charge in [0, 0.05) is 36.3 Å². The van der Waals surface area contributed by atoms with Gasteiger partial charge in [0.25, 0.3) is 0 Å². The van der Waals surface area contributed by atoms with Gasteiger partial charge in [-0.2, -0.15) is 0 Å². The molecular weight excluding hydrogens is 328 g/mol. The van der Waals surface area contributed by atoms with Crippen LogP contribution in [0.4, 0.5) is 0 Å². The molecule has 0 bridgehead atoms. The molecule has 0 unspecified atom stereocenters. The van der Waals surface area contributed by atoms with Crippen molar-refractivity contribution in [1.29, 1.82) is 0 Å². The van der Waals surface area contributed by atoms with Crippen molar-refractivity contribution in [2.24, 2.45) is 7.05 Å². The van der Waals surface area contributed by atoms with Gasteiger partial charge < -0.3 is 10.1 Å². The Morgan fingerprint density at radius 3 is 3.00 bits per heavy atom. The lowest BCUT2D eigenvalue weighted by molar-refractivity contribution is -0.0872. The van der Waals surface area contributed by atoms with Crippen LogP contribution in [0, 0.1) is 0 Å². The lowest BCUT2D eigenvalue weighted by Gasteiger charge is -2.46. The highest BCUT2D eigenvalue weighted by Crippen LogP contribution is 2.46. The maximum atomic E-state index is 12.2. The molecule has 6 nitrogen and oxygen atoms in total. The second kappa shape index (κ2) is 5.65. The third kappa shape index (κ3) is 2.55. The van der Waals surface area contributed by atoms with Gasteiger partial charge in [0.1, 0.15) is 6.61 Å². The molecular formula is C17H19ClN4O2. The number of nitrogens with zero attached hydrogens (tertiary/aromatic N) is 3. The van der Waals surface area contributed by atoms with Gasteiger partial charge in [-0.15, -0.1) is 5.10 Å². The Kier molecular flexibility index (Phi) is 3.71. The number of hydrogen-bond acceptors (Lipinski definition) is 5. The van der Waals surface area contributed by atoms with Crippen LogP contribution >= 0.6 is 11.6 Å². The minimum Gasteiger partial charge on any atom is -0.362 e. The van der Waals surface area contributed by atoms with Crippen molar-refractivity contribution in [1.82, 2.24) is 20.3 Å². The number of halogens is 1. The minimum atomic E-state index is -0.527. The van der Waals surface area contributed by atoms with Crippen molar-refractivity contribution in [3.63, 3.8) is 0 Å². The molecule has 1 aromatic heterocycles. The van der Waals surface area contributed by atoms with Gasteiger partial charge in [-0.05, 0) is 37.1 Å². The van der Waals surface area contributed by atoms with Crippen LogP contribution in [-0.4, -0.2) is 33.4 Å². The van der Waals surface area contributed by atoms with Crippen LogP contribution in [0.5, 0.6) is 0 Å². The number of ketones is 1. The summed E-state index contributed by atoms with van der Waals surface area (Å²) in [6.45, 7) is 2.23. The molecule has 4 rings (SSSR count). The van der Waals surface area contributed by atoms with Crippen molar-refractivity contribution in [2.75, 3.05) is 6.61 Å². The summed E-state index contributed by atoms with van der Waals surface area (Å²) in [5.74, 6) is 0.00882. The van der Waals surface area contributed by atoms with E-state index in [4.69, 9.17) is 16.3 Å². The molecule has 7 heteroatoms. The van der Waals surface area contributed by atoms with Crippen molar-refractivity contribution >= 4 is 17.4 Å². The number of fused-ring (bicyclic) bond motifs is 2. The van der Waals surface area contributed by atoms with E-state index in [0.29, 0.717) is 11.4 Å². The number of benzene rings is 1. The zero-order valence-electron chi connectivity index (χ0n) is 13.6. The first kappa shape index (κ1) is 15.7. The van der Waals surface area contributed by atoms with E-state index in [1.165, 1.54) is 0 Å². The number of aryl methyl sites for hydroxylation is 1. The quantitative estimate of drug-likeness (QED) is 0.858. The van der Waals surface area contributed by atoms with E-state index >= 15 is 0 Å². The number of carbonyl (C=O) groups is 1. The number of carbonyl (C=O) groups excluding carboxylic acids is 1. The Balaban J connectivity index is 1.78. The van der Waals surface area contributed by atoms with Crippen molar-refractivity contribution in [2.45, 2.75) is 37.5 Å². The van der Waals surface area contributed by atoms with Crippen LogP contribution in [-0.2, 0) is 17.4 Å². The van der Waals surface area contributed by atoms with Crippen LogP contribution in [0.3, 0.4) is 0 Å². The maximum Gasteiger partial charge on any atom is 0.188 e. The highest BCUT2D eigenvalue weighted by Gasteiger charge is 2.47. The van der Waals surface area contributed by atoms with Gasteiger partial charge in [0.05, 0.1) is 17.3 Å². The molecule has 3 atom stereocenters. The predicted molar refractivity (Wildman–Crippen MR) is 89.0 cm³/mol. The zero-order valence-corrected chi connectivity index (χ0v) is 14.4. The Hall–Kier alpha value is -1.76. The van der Waals surface area contributed by atoms with Crippen molar-refractivity contribution in [3.8, 4) is 0 Å². The summed E-state index contributed by atoms with van der Waals surface area (Å²) < 4.78 is 7.82. The largest absolute Gasteiger partial charge is 0.362 e. The number of ether oxygens (including phenoxy) is 1. The van der Waals surface area contributed by atoms with E-state index in [2.05, 4.69) is 22.6 Å². The van der Waals surface area contributed by atoms with Gasteiger partial charge in [0.2, 0.25) is 0 Å². The van der Waals surface area contributed by atoms with Gasteiger partial charge >= 0.3 is 0 Å². The monoisotopic (exact) mass is 346 g/mol.